The number of fused-ring (bicyclic) bond motifs is 1. The van der Waals surface area contributed by atoms with Crippen molar-refractivity contribution in [3.05, 3.63) is 34.9 Å². The van der Waals surface area contributed by atoms with Crippen molar-refractivity contribution in [2.45, 2.75) is 25.3 Å². The van der Waals surface area contributed by atoms with E-state index >= 15 is 0 Å². The summed E-state index contributed by atoms with van der Waals surface area (Å²) in [5.74, 6) is -0.125. The lowest BCUT2D eigenvalue weighted by molar-refractivity contribution is 0.0572. The lowest BCUT2D eigenvalue weighted by Crippen LogP contribution is -2.29. The van der Waals surface area contributed by atoms with Gasteiger partial charge in [0.2, 0.25) is 0 Å². The number of hydrogen-bond donors (Lipinski definition) is 3. The summed E-state index contributed by atoms with van der Waals surface area (Å²) in [5, 5.41) is 22.2. The van der Waals surface area contributed by atoms with Gasteiger partial charge in [0.1, 0.15) is 0 Å². The maximum atomic E-state index is 12.2. The molecule has 1 aromatic carbocycles. The maximum absolute atomic E-state index is 12.2. The third kappa shape index (κ3) is 1.90. The van der Waals surface area contributed by atoms with Crippen molar-refractivity contribution in [1.29, 1.82) is 0 Å². The molecular weight excluding hydrogens is 232 g/mol. The summed E-state index contributed by atoms with van der Waals surface area (Å²) in [4.78, 5) is 13.7. The van der Waals surface area contributed by atoms with Crippen LogP contribution < -0.4 is 5.32 Å². The Morgan fingerprint density at radius 3 is 2.56 bits per heavy atom. The average Bonchev–Trinajstić information content (AvgIpc) is 2.95. The van der Waals surface area contributed by atoms with Crippen LogP contribution in [-0.4, -0.2) is 46.3 Å². The first-order valence-electron chi connectivity index (χ1n) is 6.13. The van der Waals surface area contributed by atoms with E-state index in [2.05, 4.69) is 5.32 Å². The van der Waals surface area contributed by atoms with Gasteiger partial charge in [-0.2, -0.15) is 0 Å². The largest absolute Gasteiger partial charge is 0.388 e. The van der Waals surface area contributed by atoms with Crippen molar-refractivity contribution in [3.8, 4) is 0 Å². The van der Waals surface area contributed by atoms with Crippen LogP contribution >= 0.6 is 0 Å². The number of nitrogens with one attached hydrogen (secondary N) is 1. The highest BCUT2D eigenvalue weighted by molar-refractivity contribution is 5.94. The fraction of sp³-hybridized carbons (Fsp3) is 0.462. The molecule has 0 aliphatic carbocycles. The summed E-state index contributed by atoms with van der Waals surface area (Å²) in [7, 11) is 0. The first-order valence-corrected chi connectivity index (χ1v) is 6.13. The Kier molecular flexibility index (Phi) is 2.81. The van der Waals surface area contributed by atoms with Gasteiger partial charge in [-0.05, 0) is 23.3 Å². The third-order valence-corrected chi connectivity index (χ3v) is 3.63. The molecule has 96 valence electrons. The normalized spacial score (nSPS) is 26.4. The molecule has 1 saturated heterocycles. The van der Waals surface area contributed by atoms with Gasteiger partial charge >= 0.3 is 0 Å². The van der Waals surface area contributed by atoms with Crippen molar-refractivity contribution >= 4 is 5.91 Å². The zero-order valence-electron chi connectivity index (χ0n) is 9.97. The molecule has 5 nitrogen and oxygen atoms in total. The zero-order valence-corrected chi connectivity index (χ0v) is 9.97. The van der Waals surface area contributed by atoms with Gasteiger partial charge in [-0.15, -0.1) is 0 Å². The summed E-state index contributed by atoms with van der Waals surface area (Å²) in [6.45, 7) is 2.05. The number of hydrogen-bond acceptors (Lipinski definition) is 4. The summed E-state index contributed by atoms with van der Waals surface area (Å²) in [5.41, 5.74) is 3.01. The fourth-order valence-electron chi connectivity index (χ4n) is 2.55. The lowest BCUT2D eigenvalue weighted by Gasteiger charge is -2.15. The third-order valence-electron chi connectivity index (χ3n) is 3.63. The van der Waals surface area contributed by atoms with Crippen molar-refractivity contribution < 1.29 is 15.0 Å². The van der Waals surface area contributed by atoms with E-state index in [-0.39, 0.29) is 19.0 Å². The molecule has 0 radical (unpaired) electrons. The Morgan fingerprint density at radius 2 is 1.83 bits per heavy atom. The summed E-state index contributed by atoms with van der Waals surface area (Å²) in [6, 6.07) is 5.67. The Bertz CT molecular complexity index is 479. The lowest BCUT2D eigenvalue weighted by atomic mass is 10.1. The quantitative estimate of drug-likeness (QED) is 0.624. The first kappa shape index (κ1) is 11.6. The molecule has 18 heavy (non-hydrogen) atoms. The van der Waals surface area contributed by atoms with Gasteiger partial charge in [0.05, 0.1) is 12.2 Å². The van der Waals surface area contributed by atoms with E-state index < -0.39 is 12.2 Å². The predicted octanol–water partition coefficient (Wildman–Crippen LogP) is -0.533. The molecule has 0 bridgehead atoms. The van der Waals surface area contributed by atoms with E-state index in [4.69, 9.17) is 0 Å². The SMILES string of the molecule is O=C(c1ccc2c(c1)CNC2)N1CC(O)C(O)C1. The minimum Gasteiger partial charge on any atom is -0.388 e. The monoisotopic (exact) mass is 248 g/mol. The van der Waals surface area contributed by atoms with Crippen LogP contribution in [0.25, 0.3) is 0 Å². The molecule has 1 amide bonds. The standard InChI is InChI=1S/C13H16N2O3/c16-11-6-15(7-12(11)17)13(18)8-1-2-9-4-14-5-10(9)3-8/h1-3,11-12,14,16-17H,4-7H2. The number of amides is 1. The zero-order chi connectivity index (χ0) is 12.7. The predicted molar refractivity (Wildman–Crippen MR) is 64.9 cm³/mol. The number of benzene rings is 1. The molecular formula is C13H16N2O3. The smallest absolute Gasteiger partial charge is 0.254 e. The van der Waals surface area contributed by atoms with Crippen LogP contribution in [-0.2, 0) is 13.1 Å². The number of β-amino-alcohol motifs (C(OH)–C–C–N with tert-alkyl or cyclic N) is 2. The topological polar surface area (TPSA) is 72.8 Å². The molecule has 0 saturated carbocycles. The second-order valence-electron chi connectivity index (χ2n) is 4.93. The molecule has 1 aromatic rings. The van der Waals surface area contributed by atoms with Crippen LogP contribution in [0.2, 0.25) is 0 Å². The molecule has 0 spiro atoms. The average molecular weight is 248 g/mol. The number of rotatable bonds is 1. The number of nitrogens with zero attached hydrogens (tertiary/aromatic N) is 1. The van der Waals surface area contributed by atoms with Crippen LogP contribution in [0.4, 0.5) is 0 Å². The number of carbonyl (C=O) groups excluding carboxylic acids is 1. The van der Waals surface area contributed by atoms with Crippen LogP contribution in [0.3, 0.4) is 0 Å². The number of aliphatic hydroxyl groups excluding tert-OH is 2. The number of aliphatic hydroxyl groups is 2. The summed E-state index contributed by atoms with van der Waals surface area (Å²) in [6.07, 6.45) is -1.66. The van der Waals surface area contributed by atoms with Crippen molar-refractivity contribution in [2.24, 2.45) is 0 Å². The molecule has 2 aliphatic heterocycles. The molecule has 3 N–H and O–H groups in total. The van der Waals surface area contributed by atoms with E-state index in [1.807, 2.05) is 18.2 Å². The Hall–Kier alpha value is -1.43. The highest BCUT2D eigenvalue weighted by atomic mass is 16.3. The van der Waals surface area contributed by atoms with E-state index in [9.17, 15) is 15.0 Å². The first-order chi connectivity index (χ1) is 8.65. The van der Waals surface area contributed by atoms with Gasteiger partial charge < -0.3 is 20.4 Å². The second kappa shape index (κ2) is 4.35. The van der Waals surface area contributed by atoms with Crippen LogP contribution in [0.15, 0.2) is 18.2 Å². The summed E-state index contributed by atoms with van der Waals surface area (Å²) < 4.78 is 0. The Labute approximate surface area is 105 Å². The van der Waals surface area contributed by atoms with Crippen LogP contribution in [0.1, 0.15) is 21.5 Å². The van der Waals surface area contributed by atoms with Crippen molar-refractivity contribution in [3.63, 3.8) is 0 Å². The van der Waals surface area contributed by atoms with Gasteiger partial charge in [0.25, 0.3) is 5.91 Å². The van der Waals surface area contributed by atoms with Crippen molar-refractivity contribution in [2.75, 3.05) is 13.1 Å². The molecule has 3 rings (SSSR count). The molecule has 1 fully saturated rings. The molecule has 2 atom stereocenters. The van der Waals surface area contributed by atoms with E-state index in [1.165, 1.54) is 10.5 Å². The number of carbonyl (C=O) groups is 1. The minimum absolute atomic E-state index is 0.125. The van der Waals surface area contributed by atoms with Gasteiger partial charge in [-0.1, -0.05) is 6.07 Å². The fourth-order valence-corrected chi connectivity index (χ4v) is 2.55. The number of likely N-dealkylation sites (tertiary alicyclic amines) is 1. The molecule has 0 aromatic heterocycles. The van der Waals surface area contributed by atoms with Crippen LogP contribution in [0, 0.1) is 0 Å². The van der Waals surface area contributed by atoms with Gasteiger partial charge in [0, 0.05) is 31.7 Å². The highest BCUT2D eigenvalue weighted by Gasteiger charge is 2.33. The van der Waals surface area contributed by atoms with Gasteiger partial charge in [0.15, 0.2) is 0 Å². The van der Waals surface area contributed by atoms with Gasteiger partial charge in [-0.3, -0.25) is 4.79 Å². The van der Waals surface area contributed by atoms with Crippen LogP contribution in [0.5, 0.6) is 0 Å². The maximum Gasteiger partial charge on any atom is 0.254 e. The van der Waals surface area contributed by atoms with E-state index in [0.717, 1.165) is 18.7 Å². The Balaban J connectivity index is 1.81. The minimum atomic E-state index is -0.829. The van der Waals surface area contributed by atoms with Crippen molar-refractivity contribution in [1.82, 2.24) is 10.2 Å². The second-order valence-corrected chi connectivity index (χ2v) is 4.93. The highest BCUT2D eigenvalue weighted by Crippen LogP contribution is 2.20. The molecule has 2 unspecified atom stereocenters. The Morgan fingerprint density at radius 1 is 1.17 bits per heavy atom. The molecule has 2 aliphatic rings. The summed E-state index contributed by atoms with van der Waals surface area (Å²) >= 11 is 0. The van der Waals surface area contributed by atoms with E-state index in [0.29, 0.717) is 5.56 Å². The van der Waals surface area contributed by atoms with Gasteiger partial charge in [-0.25, -0.2) is 0 Å². The molecule has 2 heterocycles. The van der Waals surface area contributed by atoms with E-state index in [1.54, 1.807) is 0 Å². The molecule has 5 heteroatoms.